The Morgan fingerprint density at radius 3 is 2.79 bits per heavy atom. The third kappa shape index (κ3) is 3.03. The van der Waals surface area contributed by atoms with Gasteiger partial charge in [0.1, 0.15) is 0 Å². The van der Waals surface area contributed by atoms with Gasteiger partial charge in [-0.15, -0.1) is 0 Å². The van der Waals surface area contributed by atoms with Crippen LogP contribution in [0.5, 0.6) is 0 Å². The standard InChI is InChI=1S/C16H26N2O/c17-18-16(9-12-7-8-19-11-12)15-6-5-13-3-1-2-4-14(13)10-15/h7-8,11,13-16,18H,1-6,9-10,17H2. The van der Waals surface area contributed by atoms with E-state index in [0.717, 1.165) is 24.2 Å². The zero-order valence-electron chi connectivity index (χ0n) is 11.7. The summed E-state index contributed by atoms with van der Waals surface area (Å²) in [7, 11) is 0. The molecule has 0 bridgehead atoms. The van der Waals surface area contributed by atoms with Crippen LogP contribution in [0.3, 0.4) is 0 Å². The minimum absolute atomic E-state index is 0.403. The summed E-state index contributed by atoms with van der Waals surface area (Å²) >= 11 is 0. The molecule has 4 atom stereocenters. The molecule has 2 aliphatic rings. The molecule has 19 heavy (non-hydrogen) atoms. The lowest BCUT2D eigenvalue weighted by molar-refractivity contribution is 0.109. The third-order valence-electron chi connectivity index (χ3n) is 5.40. The van der Waals surface area contributed by atoms with Gasteiger partial charge in [-0.2, -0.15) is 0 Å². The van der Waals surface area contributed by atoms with E-state index >= 15 is 0 Å². The van der Waals surface area contributed by atoms with Gasteiger partial charge < -0.3 is 4.42 Å². The molecule has 2 saturated carbocycles. The van der Waals surface area contributed by atoms with E-state index in [9.17, 15) is 0 Å². The van der Waals surface area contributed by atoms with Crippen LogP contribution in [0, 0.1) is 17.8 Å². The van der Waals surface area contributed by atoms with Crippen LogP contribution in [0.4, 0.5) is 0 Å². The Morgan fingerprint density at radius 1 is 1.21 bits per heavy atom. The highest BCUT2D eigenvalue weighted by Gasteiger charge is 2.35. The van der Waals surface area contributed by atoms with Gasteiger partial charge in [-0.1, -0.05) is 25.7 Å². The highest BCUT2D eigenvalue weighted by Crippen LogP contribution is 2.43. The lowest BCUT2D eigenvalue weighted by Gasteiger charge is -2.41. The molecule has 2 fully saturated rings. The van der Waals surface area contributed by atoms with Gasteiger partial charge >= 0.3 is 0 Å². The first-order valence-electron chi connectivity index (χ1n) is 7.84. The maximum atomic E-state index is 5.81. The Bertz CT molecular complexity index is 376. The molecule has 3 nitrogen and oxygen atoms in total. The molecule has 0 aliphatic heterocycles. The second-order valence-electron chi connectivity index (χ2n) is 6.49. The predicted molar refractivity (Wildman–Crippen MR) is 76.3 cm³/mol. The number of fused-ring (bicyclic) bond motifs is 1. The number of furan rings is 1. The van der Waals surface area contributed by atoms with Crippen molar-refractivity contribution in [2.45, 2.75) is 57.4 Å². The fraction of sp³-hybridized carbons (Fsp3) is 0.750. The van der Waals surface area contributed by atoms with Crippen LogP contribution in [-0.2, 0) is 6.42 Å². The van der Waals surface area contributed by atoms with E-state index in [1.807, 2.05) is 6.26 Å². The van der Waals surface area contributed by atoms with Crippen molar-refractivity contribution in [3.63, 3.8) is 0 Å². The molecule has 1 heterocycles. The average molecular weight is 262 g/mol. The topological polar surface area (TPSA) is 51.2 Å². The number of nitrogens with two attached hydrogens (primary N) is 1. The second kappa shape index (κ2) is 6.10. The third-order valence-corrected chi connectivity index (χ3v) is 5.40. The Kier molecular flexibility index (Phi) is 4.24. The summed E-state index contributed by atoms with van der Waals surface area (Å²) in [6, 6.07) is 2.46. The first kappa shape index (κ1) is 13.2. The van der Waals surface area contributed by atoms with Crippen molar-refractivity contribution in [3.05, 3.63) is 24.2 Å². The first-order chi connectivity index (χ1) is 9.36. The van der Waals surface area contributed by atoms with Crippen LogP contribution < -0.4 is 11.3 Å². The Morgan fingerprint density at radius 2 is 2.05 bits per heavy atom. The number of hydrogen-bond donors (Lipinski definition) is 2. The molecule has 1 aromatic heterocycles. The van der Waals surface area contributed by atoms with Crippen molar-refractivity contribution in [2.75, 3.05) is 0 Å². The molecule has 3 rings (SSSR count). The van der Waals surface area contributed by atoms with Crippen molar-refractivity contribution >= 4 is 0 Å². The fourth-order valence-electron chi connectivity index (χ4n) is 4.30. The smallest absolute Gasteiger partial charge is 0.0935 e. The van der Waals surface area contributed by atoms with Crippen LogP contribution in [0.2, 0.25) is 0 Å². The van der Waals surface area contributed by atoms with Crippen molar-refractivity contribution in [1.29, 1.82) is 0 Å². The molecule has 0 amide bonds. The maximum absolute atomic E-state index is 5.81. The van der Waals surface area contributed by atoms with Crippen molar-refractivity contribution in [3.8, 4) is 0 Å². The molecule has 106 valence electrons. The number of nitrogens with one attached hydrogen (secondary N) is 1. The Hall–Kier alpha value is -0.800. The minimum Gasteiger partial charge on any atom is -0.472 e. The second-order valence-corrected chi connectivity index (χ2v) is 6.49. The van der Waals surface area contributed by atoms with Crippen LogP contribution in [0.15, 0.2) is 23.0 Å². The maximum Gasteiger partial charge on any atom is 0.0935 e. The summed E-state index contributed by atoms with van der Waals surface area (Å²) < 4.78 is 5.16. The molecule has 0 radical (unpaired) electrons. The van der Waals surface area contributed by atoms with Crippen LogP contribution in [0.25, 0.3) is 0 Å². The molecule has 0 saturated heterocycles. The molecule has 4 unspecified atom stereocenters. The lowest BCUT2D eigenvalue weighted by atomic mass is 9.66. The Balaban J connectivity index is 1.60. The van der Waals surface area contributed by atoms with Gasteiger partial charge in [0.05, 0.1) is 12.5 Å². The van der Waals surface area contributed by atoms with Gasteiger partial charge in [-0.05, 0) is 55.1 Å². The molecule has 0 spiro atoms. The molecule has 3 heteroatoms. The summed E-state index contributed by atoms with van der Waals surface area (Å²) in [4.78, 5) is 0. The fourth-order valence-corrected chi connectivity index (χ4v) is 4.30. The first-order valence-corrected chi connectivity index (χ1v) is 7.84. The molecular formula is C16H26N2O. The van der Waals surface area contributed by atoms with E-state index in [-0.39, 0.29) is 0 Å². The van der Waals surface area contributed by atoms with Crippen molar-refractivity contribution < 1.29 is 4.42 Å². The molecule has 3 N–H and O–H groups in total. The van der Waals surface area contributed by atoms with Gasteiger partial charge in [0.2, 0.25) is 0 Å². The van der Waals surface area contributed by atoms with E-state index in [1.54, 1.807) is 6.26 Å². The molecule has 0 aromatic carbocycles. The highest BCUT2D eigenvalue weighted by atomic mass is 16.3. The Labute approximate surface area is 115 Å². The van der Waals surface area contributed by atoms with E-state index in [4.69, 9.17) is 10.3 Å². The largest absolute Gasteiger partial charge is 0.472 e. The van der Waals surface area contributed by atoms with Crippen LogP contribution >= 0.6 is 0 Å². The number of hydrazine groups is 1. The summed E-state index contributed by atoms with van der Waals surface area (Å²) in [6.07, 6.45) is 14.5. The van der Waals surface area contributed by atoms with Crippen LogP contribution in [-0.4, -0.2) is 6.04 Å². The zero-order valence-corrected chi connectivity index (χ0v) is 11.7. The number of hydrogen-bond acceptors (Lipinski definition) is 3. The molecule has 1 aromatic rings. The van der Waals surface area contributed by atoms with Gasteiger partial charge in [0.25, 0.3) is 0 Å². The van der Waals surface area contributed by atoms with Gasteiger partial charge in [0.15, 0.2) is 0 Å². The van der Waals surface area contributed by atoms with Crippen molar-refractivity contribution in [2.24, 2.45) is 23.6 Å². The summed E-state index contributed by atoms with van der Waals surface area (Å²) in [5, 5.41) is 0. The molecular weight excluding hydrogens is 236 g/mol. The van der Waals surface area contributed by atoms with E-state index in [0.29, 0.717) is 6.04 Å². The number of rotatable bonds is 4. The summed E-state index contributed by atoms with van der Waals surface area (Å²) in [5.41, 5.74) is 4.32. The van der Waals surface area contributed by atoms with E-state index in [2.05, 4.69) is 11.5 Å². The lowest BCUT2D eigenvalue weighted by Crippen LogP contribution is -2.45. The van der Waals surface area contributed by atoms with E-state index < -0.39 is 0 Å². The zero-order chi connectivity index (χ0) is 13.1. The van der Waals surface area contributed by atoms with Crippen molar-refractivity contribution in [1.82, 2.24) is 5.43 Å². The predicted octanol–water partition coefficient (Wildman–Crippen LogP) is 3.26. The van der Waals surface area contributed by atoms with Gasteiger partial charge in [-0.25, -0.2) is 0 Å². The average Bonchev–Trinajstić information content (AvgIpc) is 2.97. The summed E-state index contributed by atoms with van der Waals surface area (Å²) in [6.45, 7) is 0. The quantitative estimate of drug-likeness (QED) is 0.647. The normalized spacial score (nSPS) is 32.8. The summed E-state index contributed by atoms with van der Waals surface area (Å²) in [5.74, 6) is 8.52. The highest BCUT2D eigenvalue weighted by molar-refractivity contribution is 5.08. The van der Waals surface area contributed by atoms with E-state index in [1.165, 1.54) is 50.5 Å². The van der Waals surface area contributed by atoms with Gasteiger partial charge in [0, 0.05) is 6.04 Å². The monoisotopic (exact) mass is 262 g/mol. The minimum atomic E-state index is 0.403. The SMILES string of the molecule is NNC(Cc1ccoc1)C1CCC2CCCCC2C1. The van der Waals surface area contributed by atoms with Crippen LogP contribution in [0.1, 0.15) is 50.5 Å². The molecule has 2 aliphatic carbocycles. The van der Waals surface area contributed by atoms with Gasteiger partial charge in [-0.3, -0.25) is 11.3 Å².